The first-order chi connectivity index (χ1) is 6.74. The molecule has 72 valence electrons. The Kier molecular flexibility index (Phi) is 3.62. The number of benzene rings is 1. The van der Waals surface area contributed by atoms with Crippen molar-refractivity contribution in [3.63, 3.8) is 0 Å². The van der Waals surface area contributed by atoms with Gasteiger partial charge in [0.15, 0.2) is 0 Å². The third kappa shape index (κ3) is 2.87. The first-order valence-electron chi connectivity index (χ1n) is 4.34. The van der Waals surface area contributed by atoms with Crippen LogP contribution in [-0.2, 0) is 6.42 Å². The van der Waals surface area contributed by atoms with Crippen LogP contribution in [0.3, 0.4) is 0 Å². The maximum absolute atomic E-state index is 10.4. The average Bonchev–Trinajstić information content (AvgIpc) is 2.19. The summed E-state index contributed by atoms with van der Waals surface area (Å²) in [5.74, 6) is 0. The second-order valence-corrected chi connectivity index (χ2v) is 2.94. The number of unbranched alkanes of at least 4 members (excludes halogenated alkanes) is 1. The van der Waals surface area contributed by atoms with E-state index in [4.69, 9.17) is 5.26 Å². The molecule has 0 atom stereocenters. The highest BCUT2D eigenvalue weighted by Crippen LogP contribution is 2.14. The van der Waals surface area contributed by atoms with Crippen LogP contribution in [0, 0.1) is 21.4 Å². The molecule has 0 spiro atoms. The van der Waals surface area contributed by atoms with Gasteiger partial charge in [-0.15, -0.1) is 0 Å². The number of nitro groups is 1. The van der Waals surface area contributed by atoms with Crippen molar-refractivity contribution in [1.29, 1.82) is 5.26 Å². The lowest BCUT2D eigenvalue weighted by atomic mass is 10.1. The molecule has 0 aliphatic heterocycles. The molecule has 0 aromatic heterocycles. The van der Waals surface area contributed by atoms with Gasteiger partial charge < -0.3 is 0 Å². The van der Waals surface area contributed by atoms with Crippen molar-refractivity contribution in [1.82, 2.24) is 0 Å². The van der Waals surface area contributed by atoms with Crippen molar-refractivity contribution in [2.45, 2.75) is 19.3 Å². The van der Waals surface area contributed by atoms with Crippen LogP contribution in [0.1, 0.15) is 18.4 Å². The van der Waals surface area contributed by atoms with E-state index < -0.39 is 4.92 Å². The van der Waals surface area contributed by atoms with Gasteiger partial charge in [0.2, 0.25) is 0 Å². The largest absolute Gasteiger partial charge is 0.269 e. The minimum absolute atomic E-state index is 0.111. The molecule has 0 unspecified atom stereocenters. The first kappa shape index (κ1) is 10.2. The molecule has 0 fully saturated rings. The lowest BCUT2D eigenvalue weighted by molar-refractivity contribution is -0.384. The Morgan fingerprint density at radius 2 is 2.29 bits per heavy atom. The Hall–Kier alpha value is -1.89. The minimum Gasteiger partial charge on any atom is -0.258 e. The van der Waals surface area contributed by atoms with E-state index in [1.807, 2.05) is 12.1 Å². The lowest BCUT2D eigenvalue weighted by Gasteiger charge is -1.98. The molecule has 4 heteroatoms. The molecule has 1 rings (SSSR count). The van der Waals surface area contributed by atoms with Crippen LogP contribution in [0.15, 0.2) is 24.3 Å². The van der Waals surface area contributed by atoms with Crippen LogP contribution >= 0.6 is 0 Å². The highest BCUT2D eigenvalue weighted by molar-refractivity contribution is 5.34. The molecule has 0 N–H and O–H groups in total. The maximum Gasteiger partial charge on any atom is 0.269 e. The van der Waals surface area contributed by atoms with Crippen LogP contribution in [0.2, 0.25) is 0 Å². The molecular weight excluding hydrogens is 180 g/mol. The summed E-state index contributed by atoms with van der Waals surface area (Å²) in [7, 11) is 0. The summed E-state index contributed by atoms with van der Waals surface area (Å²) in [6.07, 6.45) is 1.95. The summed E-state index contributed by atoms with van der Waals surface area (Å²) < 4.78 is 0. The Morgan fingerprint density at radius 3 is 2.93 bits per heavy atom. The van der Waals surface area contributed by atoms with Crippen molar-refractivity contribution >= 4 is 5.69 Å². The van der Waals surface area contributed by atoms with E-state index in [-0.39, 0.29) is 5.69 Å². The van der Waals surface area contributed by atoms with Crippen molar-refractivity contribution in [2.24, 2.45) is 0 Å². The predicted molar refractivity (Wildman–Crippen MR) is 51.6 cm³/mol. The van der Waals surface area contributed by atoms with Gasteiger partial charge in [-0.3, -0.25) is 10.1 Å². The second-order valence-electron chi connectivity index (χ2n) is 2.94. The summed E-state index contributed by atoms with van der Waals surface area (Å²) in [6.45, 7) is 0. The molecule has 0 saturated carbocycles. The third-order valence-electron chi connectivity index (χ3n) is 1.88. The molecule has 0 amide bonds. The number of hydrogen-bond acceptors (Lipinski definition) is 3. The second kappa shape index (κ2) is 4.97. The fourth-order valence-corrected chi connectivity index (χ4v) is 1.20. The summed E-state index contributed by atoms with van der Waals surface area (Å²) in [4.78, 5) is 10.0. The molecule has 0 heterocycles. The minimum atomic E-state index is -0.409. The van der Waals surface area contributed by atoms with Crippen LogP contribution in [0.5, 0.6) is 0 Å². The molecule has 0 aliphatic rings. The first-order valence-corrected chi connectivity index (χ1v) is 4.34. The lowest BCUT2D eigenvalue weighted by Crippen LogP contribution is -1.90. The van der Waals surface area contributed by atoms with E-state index in [0.29, 0.717) is 6.42 Å². The molecule has 1 aromatic carbocycles. The topological polar surface area (TPSA) is 66.9 Å². The van der Waals surface area contributed by atoms with Gasteiger partial charge >= 0.3 is 0 Å². The Morgan fingerprint density at radius 1 is 1.50 bits per heavy atom. The monoisotopic (exact) mass is 190 g/mol. The summed E-state index contributed by atoms with van der Waals surface area (Å²) in [6, 6.07) is 8.56. The molecular formula is C10H10N2O2. The Bertz CT molecular complexity index is 369. The van der Waals surface area contributed by atoms with Crippen molar-refractivity contribution < 1.29 is 4.92 Å². The van der Waals surface area contributed by atoms with Crippen LogP contribution < -0.4 is 0 Å². The third-order valence-corrected chi connectivity index (χ3v) is 1.88. The number of nitriles is 1. The van der Waals surface area contributed by atoms with Crippen LogP contribution in [-0.4, -0.2) is 4.92 Å². The number of rotatable bonds is 4. The van der Waals surface area contributed by atoms with E-state index >= 15 is 0 Å². The van der Waals surface area contributed by atoms with Gasteiger partial charge in [-0.05, 0) is 18.4 Å². The molecule has 1 aromatic rings. The summed E-state index contributed by atoms with van der Waals surface area (Å²) in [5.41, 5.74) is 1.02. The van der Waals surface area contributed by atoms with Gasteiger partial charge in [-0.2, -0.15) is 5.26 Å². The maximum atomic E-state index is 10.4. The van der Waals surface area contributed by atoms with E-state index in [1.165, 1.54) is 6.07 Å². The van der Waals surface area contributed by atoms with Crippen LogP contribution in [0.25, 0.3) is 0 Å². The van der Waals surface area contributed by atoms with Gasteiger partial charge in [-0.25, -0.2) is 0 Å². The zero-order valence-electron chi connectivity index (χ0n) is 7.64. The molecule has 0 aliphatic carbocycles. The standard InChI is InChI=1S/C10H10N2O2/c11-7-2-1-4-9-5-3-6-10(8-9)12(13)14/h3,5-6,8H,1-2,4H2. The average molecular weight is 190 g/mol. The number of nitro benzene ring substituents is 1. The highest BCUT2D eigenvalue weighted by atomic mass is 16.6. The fourth-order valence-electron chi connectivity index (χ4n) is 1.20. The zero-order valence-corrected chi connectivity index (χ0v) is 7.64. The Labute approximate surface area is 81.9 Å². The van der Waals surface area contributed by atoms with Crippen molar-refractivity contribution in [3.8, 4) is 6.07 Å². The summed E-state index contributed by atoms with van der Waals surface area (Å²) >= 11 is 0. The fraction of sp³-hybridized carbons (Fsp3) is 0.300. The molecule has 14 heavy (non-hydrogen) atoms. The van der Waals surface area contributed by atoms with Gasteiger partial charge in [0.05, 0.1) is 11.0 Å². The smallest absolute Gasteiger partial charge is 0.258 e. The quantitative estimate of drug-likeness (QED) is 0.416. The molecule has 0 radical (unpaired) electrons. The number of hydrogen-bond donors (Lipinski definition) is 0. The normalized spacial score (nSPS) is 9.36. The number of non-ortho nitro benzene ring substituents is 1. The van der Waals surface area contributed by atoms with Crippen molar-refractivity contribution in [3.05, 3.63) is 39.9 Å². The predicted octanol–water partition coefficient (Wildman–Crippen LogP) is 2.44. The molecule has 0 bridgehead atoms. The van der Waals surface area contributed by atoms with E-state index in [0.717, 1.165) is 18.4 Å². The van der Waals surface area contributed by atoms with Gasteiger partial charge in [0.25, 0.3) is 5.69 Å². The van der Waals surface area contributed by atoms with Gasteiger partial charge in [-0.1, -0.05) is 12.1 Å². The SMILES string of the molecule is N#CCCCc1cccc([N+](=O)[O-])c1. The number of aryl methyl sites for hydroxylation is 1. The van der Waals surface area contributed by atoms with E-state index in [9.17, 15) is 10.1 Å². The van der Waals surface area contributed by atoms with Gasteiger partial charge in [0, 0.05) is 18.6 Å². The van der Waals surface area contributed by atoms with Crippen LogP contribution in [0.4, 0.5) is 5.69 Å². The molecule has 0 saturated heterocycles. The van der Waals surface area contributed by atoms with E-state index in [1.54, 1.807) is 12.1 Å². The number of nitrogens with zero attached hydrogens (tertiary/aromatic N) is 2. The Balaban J connectivity index is 2.65. The highest BCUT2D eigenvalue weighted by Gasteiger charge is 2.04. The molecule has 4 nitrogen and oxygen atoms in total. The zero-order chi connectivity index (χ0) is 10.4. The van der Waals surface area contributed by atoms with Crippen molar-refractivity contribution in [2.75, 3.05) is 0 Å². The summed E-state index contributed by atoms with van der Waals surface area (Å²) in [5, 5.41) is 18.8. The van der Waals surface area contributed by atoms with Gasteiger partial charge in [0.1, 0.15) is 0 Å². The van der Waals surface area contributed by atoms with E-state index in [2.05, 4.69) is 0 Å².